The third-order valence-electron chi connectivity index (χ3n) is 4.39. The van der Waals surface area contributed by atoms with Gasteiger partial charge in [-0.3, -0.25) is 9.80 Å². The highest BCUT2D eigenvalue weighted by molar-refractivity contribution is 7.80. The lowest BCUT2D eigenvalue weighted by molar-refractivity contribution is 0.117. The molecule has 3 nitrogen and oxygen atoms in total. The van der Waals surface area contributed by atoms with Crippen LogP contribution in [0, 0.1) is 13.8 Å². The Bertz CT molecular complexity index is 458. The van der Waals surface area contributed by atoms with Crippen molar-refractivity contribution in [1.29, 1.82) is 0 Å². The summed E-state index contributed by atoms with van der Waals surface area (Å²) in [6.07, 6.45) is 0. The zero-order chi connectivity index (χ0) is 14.7. The molecule has 2 N–H and O–H groups in total. The maximum atomic E-state index is 5.74. The number of benzene rings is 1. The highest BCUT2D eigenvalue weighted by Gasteiger charge is 2.22. The molecular weight excluding hydrogens is 266 g/mol. The highest BCUT2D eigenvalue weighted by atomic mass is 32.1. The summed E-state index contributed by atoms with van der Waals surface area (Å²) in [6.45, 7) is 11.8. The van der Waals surface area contributed by atoms with Crippen LogP contribution in [0.5, 0.6) is 0 Å². The van der Waals surface area contributed by atoms with Gasteiger partial charge in [0, 0.05) is 32.7 Å². The first-order valence-electron chi connectivity index (χ1n) is 7.30. The zero-order valence-corrected chi connectivity index (χ0v) is 13.5. The standard InChI is InChI=1S/C16H25N3S/c1-12-5-4-6-13(2)15(12)11-18-7-9-19(10-8-18)14(3)16(17)20/h4-6,14H,7-11H2,1-3H3,(H2,17,20). The van der Waals surface area contributed by atoms with Crippen molar-refractivity contribution in [2.45, 2.75) is 33.4 Å². The minimum absolute atomic E-state index is 0.215. The molecule has 0 bridgehead atoms. The van der Waals surface area contributed by atoms with Crippen LogP contribution >= 0.6 is 12.2 Å². The molecule has 1 aliphatic rings. The Hall–Kier alpha value is -0.970. The van der Waals surface area contributed by atoms with Gasteiger partial charge in [0.25, 0.3) is 0 Å². The van der Waals surface area contributed by atoms with E-state index in [1.165, 1.54) is 16.7 Å². The van der Waals surface area contributed by atoms with E-state index in [1.807, 2.05) is 0 Å². The number of nitrogens with zero attached hydrogens (tertiary/aromatic N) is 2. The van der Waals surface area contributed by atoms with E-state index < -0.39 is 0 Å². The summed E-state index contributed by atoms with van der Waals surface area (Å²) in [5.74, 6) is 0. The van der Waals surface area contributed by atoms with Gasteiger partial charge in [-0.1, -0.05) is 30.4 Å². The molecular formula is C16H25N3S. The van der Waals surface area contributed by atoms with Crippen LogP contribution in [0.1, 0.15) is 23.6 Å². The van der Waals surface area contributed by atoms with Crippen molar-refractivity contribution in [2.75, 3.05) is 26.2 Å². The lowest BCUT2D eigenvalue weighted by Crippen LogP contribution is -2.52. The van der Waals surface area contributed by atoms with Gasteiger partial charge in [0.1, 0.15) is 0 Å². The maximum Gasteiger partial charge on any atom is 0.0899 e. The van der Waals surface area contributed by atoms with Crippen molar-refractivity contribution in [1.82, 2.24) is 9.80 Å². The van der Waals surface area contributed by atoms with Crippen molar-refractivity contribution < 1.29 is 0 Å². The Kier molecular flexibility index (Phi) is 5.13. The lowest BCUT2D eigenvalue weighted by Gasteiger charge is -2.38. The summed E-state index contributed by atoms with van der Waals surface area (Å²) in [4.78, 5) is 5.51. The van der Waals surface area contributed by atoms with Crippen LogP contribution in [0.3, 0.4) is 0 Å². The van der Waals surface area contributed by atoms with Gasteiger partial charge in [0.15, 0.2) is 0 Å². The van der Waals surface area contributed by atoms with Gasteiger partial charge in [-0.25, -0.2) is 0 Å². The molecule has 1 fully saturated rings. The van der Waals surface area contributed by atoms with Gasteiger partial charge in [-0.15, -0.1) is 0 Å². The predicted octanol–water partition coefficient (Wildman–Crippen LogP) is 2.10. The molecule has 1 unspecified atom stereocenters. The molecule has 0 aromatic heterocycles. The van der Waals surface area contributed by atoms with Crippen LogP contribution in [-0.2, 0) is 6.54 Å². The van der Waals surface area contributed by atoms with E-state index in [0.717, 1.165) is 32.7 Å². The molecule has 1 saturated heterocycles. The van der Waals surface area contributed by atoms with Crippen molar-refractivity contribution in [3.63, 3.8) is 0 Å². The summed E-state index contributed by atoms with van der Waals surface area (Å²) in [5, 5.41) is 0. The average molecular weight is 291 g/mol. The molecule has 0 saturated carbocycles. The largest absolute Gasteiger partial charge is 0.392 e. The van der Waals surface area contributed by atoms with E-state index in [2.05, 4.69) is 48.8 Å². The molecule has 110 valence electrons. The predicted molar refractivity (Wildman–Crippen MR) is 89.0 cm³/mol. The summed E-state index contributed by atoms with van der Waals surface area (Å²) in [7, 11) is 0. The lowest BCUT2D eigenvalue weighted by atomic mass is 10.0. The summed E-state index contributed by atoms with van der Waals surface area (Å²) >= 11 is 5.09. The molecule has 1 aromatic rings. The highest BCUT2D eigenvalue weighted by Crippen LogP contribution is 2.17. The minimum Gasteiger partial charge on any atom is -0.392 e. The summed E-state index contributed by atoms with van der Waals surface area (Å²) < 4.78 is 0. The maximum absolute atomic E-state index is 5.74. The third kappa shape index (κ3) is 3.57. The zero-order valence-electron chi connectivity index (χ0n) is 12.7. The van der Waals surface area contributed by atoms with Gasteiger partial charge >= 0.3 is 0 Å². The van der Waals surface area contributed by atoms with Crippen LogP contribution in [0.2, 0.25) is 0 Å². The fraction of sp³-hybridized carbons (Fsp3) is 0.562. The van der Waals surface area contributed by atoms with E-state index >= 15 is 0 Å². The molecule has 2 rings (SSSR count). The molecule has 1 heterocycles. The minimum atomic E-state index is 0.215. The molecule has 4 heteroatoms. The number of rotatable bonds is 4. The van der Waals surface area contributed by atoms with Crippen molar-refractivity contribution in [3.05, 3.63) is 34.9 Å². The Balaban J connectivity index is 1.93. The quantitative estimate of drug-likeness (QED) is 0.861. The Morgan fingerprint density at radius 2 is 1.75 bits per heavy atom. The first kappa shape index (κ1) is 15.4. The fourth-order valence-corrected chi connectivity index (χ4v) is 2.96. The van der Waals surface area contributed by atoms with Crippen LogP contribution in [0.25, 0.3) is 0 Å². The normalized spacial score (nSPS) is 18.9. The Morgan fingerprint density at radius 1 is 1.20 bits per heavy atom. The van der Waals surface area contributed by atoms with Crippen LogP contribution in [-0.4, -0.2) is 47.0 Å². The van der Waals surface area contributed by atoms with E-state index in [1.54, 1.807) is 0 Å². The molecule has 1 aliphatic heterocycles. The second-order valence-electron chi connectivity index (χ2n) is 5.76. The van der Waals surface area contributed by atoms with Crippen molar-refractivity contribution in [3.8, 4) is 0 Å². The van der Waals surface area contributed by atoms with Crippen LogP contribution in [0.4, 0.5) is 0 Å². The van der Waals surface area contributed by atoms with Crippen LogP contribution < -0.4 is 5.73 Å². The second kappa shape index (κ2) is 6.66. The number of nitrogens with two attached hydrogens (primary N) is 1. The molecule has 0 radical (unpaired) electrons. The molecule has 1 atom stereocenters. The van der Waals surface area contributed by atoms with Crippen molar-refractivity contribution in [2.24, 2.45) is 5.73 Å². The smallest absolute Gasteiger partial charge is 0.0899 e. The van der Waals surface area contributed by atoms with E-state index in [0.29, 0.717) is 4.99 Å². The van der Waals surface area contributed by atoms with E-state index in [-0.39, 0.29) is 6.04 Å². The van der Waals surface area contributed by atoms with E-state index in [9.17, 15) is 0 Å². The van der Waals surface area contributed by atoms with E-state index in [4.69, 9.17) is 18.0 Å². The van der Waals surface area contributed by atoms with Crippen LogP contribution in [0.15, 0.2) is 18.2 Å². The second-order valence-corrected chi connectivity index (χ2v) is 6.23. The number of hydrogen-bond acceptors (Lipinski definition) is 3. The van der Waals surface area contributed by atoms with Gasteiger partial charge in [-0.05, 0) is 37.5 Å². The number of aryl methyl sites for hydroxylation is 2. The molecule has 0 amide bonds. The molecule has 20 heavy (non-hydrogen) atoms. The van der Waals surface area contributed by atoms with Gasteiger partial charge in [0.2, 0.25) is 0 Å². The van der Waals surface area contributed by atoms with Gasteiger partial charge in [0.05, 0.1) is 11.0 Å². The Labute approximate surface area is 127 Å². The monoisotopic (exact) mass is 291 g/mol. The van der Waals surface area contributed by atoms with Gasteiger partial charge < -0.3 is 5.73 Å². The molecule has 1 aromatic carbocycles. The first-order valence-corrected chi connectivity index (χ1v) is 7.70. The molecule has 0 aliphatic carbocycles. The van der Waals surface area contributed by atoms with Crippen molar-refractivity contribution >= 4 is 17.2 Å². The molecule has 0 spiro atoms. The SMILES string of the molecule is Cc1cccc(C)c1CN1CCN(C(C)C(N)=S)CC1. The average Bonchev–Trinajstić information content (AvgIpc) is 2.43. The number of hydrogen-bond donors (Lipinski definition) is 1. The Morgan fingerprint density at radius 3 is 2.25 bits per heavy atom. The summed E-state index contributed by atoms with van der Waals surface area (Å²) in [5.41, 5.74) is 10.0. The first-order chi connectivity index (χ1) is 9.49. The summed E-state index contributed by atoms with van der Waals surface area (Å²) in [6, 6.07) is 6.75. The number of thiocarbonyl (C=S) groups is 1. The topological polar surface area (TPSA) is 32.5 Å². The number of piperazine rings is 1. The van der Waals surface area contributed by atoms with Gasteiger partial charge in [-0.2, -0.15) is 0 Å². The fourth-order valence-electron chi connectivity index (χ4n) is 2.81. The third-order valence-corrected chi connectivity index (χ3v) is 4.73.